The van der Waals surface area contributed by atoms with Gasteiger partial charge in [-0.1, -0.05) is 102 Å². The summed E-state index contributed by atoms with van der Waals surface area (Å²) in [5.41, 5.74) is 0. The van der Waals surface area contributed by atoms with Crippen LogP contribution in [0.5, 0.6) is 0 Å². The first-order chi connectivity index (χ1) is 12.3. The molecule has 0 heterocycles. The topological polar surface area (TPSA) is 23.8 Å². The zero-order chi connectivity index (χ0) is 17.7. The minimum Gasteiger partial charge on any atom is -0.193 e. The summed E-state index contributed by atoms with van der Waals surface area (Å²) >= 11 is 0. The number of hydrogen-bond acceptors (Lipinski definition) is 1. The second-order valence-corrected chi connectivity index (χ2v) is 8.63. The van der Waals surface area contributed by atoms with Gasteiger partial charge in [0.1, 0.15) is 0 Å². The van der Waals surface area contributed by atoms with E-state index in [1.54, 1.807) is 0 Å². The van der Waals surface area contributed by atoms with Crippen molar-refractivity contribution in [1.29, 1.82) is 5.26 Å². The van der Waals surface area contributed by atoms with E-state index in [-0.39, 0.29) is 0 Å². The molecule has 0 aliphatic heterocycles. The van der Waals surface area contributed by atoms with Crippen molar-refractivity contribution in [2.45, 2.75) is 96.8 Å². The number of nitriles is 1. The van der Waals surface area contributed by atoms with E-state index in [9.17, 15) is 0 Å². The fraction of sp³-hybridized carbons (Fsp3) is 0.792. The lowest BCUT2D eigenvalue weighted by molar-refractivity contribution is 0.210. The average molecular weight is 342 g/mol. The fourth-order valence-electron chi connectivity index (χ4n) is 5.10. The molecule has 2 aliphatic rings. The molecule has 2 fully saturated rings. The summed E-state index contributed by atoms with van der Waals surface area (Å²) < 4.78 is 0. The molecule has 0 aromatic rings. The van der Waals surface area contributed by atoms with Crippen LogP contribution in [0, 0.1) is 35.0 Å². The van der Waals surface area contributed by atoms with Crippen LogP contribution in [0.15, 0.2) is 24.3 Å². The summed E-state index contributed by atoms with van der Waals surface area (Å²) in [6.07, 6.45) is 27.9. The Labute approximate surface area is 156 Å². The third kappa shape index (κ3) is 8.26. The highest BCUT2D eigenvalue weighted by Gasteiger charge is 2.24. The van der Waals surface area contributed by atoms with Crippen LogP contribution in [0.4, 0.5) is 0 Å². The van der Waals surface area contributed by atoms with Crippen molar-refractivity contribution in [1.82, 2.24) is 0 Å². The molecule has 1 heteroatoms. The zero-order valence-corrected chi connectivity index (χ0v) is 16.5. The molecule has 25 heavy (non-hydrogen) atoms. The Bertz CT molecular complexity index is 426. The van der Waals surface area contributed by atoms with Gasteiger partial charge in [-0.25, -0.2) is 0 Å². The van der Waals surface area contributed by atoms with Gasteiger partial charge in [-0.05, 0) is 36.5 Å². The largest absolute Gasteiger partial charge is 0.193 e. The first kappa shape index (κ1) is 20.3. The number of hydrogen-bond donors (Lipinski definition) is 0. The predicted molar refractivity (Wildman–Crippen MR) is 108 cm³/mol. The van der Waals surface area contributed by atoms with Crippen molar-refractivity contribution < 1.29 is 0 Å². The van der Waals surface area contributed by atoms with Crippen molar-refractivity contribution in [3.63, 3.8) is 0 Å². The van der Waals surface area contributed by atoms with E-state index in [0.29, 0.717) is 0 Å². The standard InChI is InChI=1S/C24H39N/c1-2-8-21-10-14-23(15-11-21)18-19-24-16-12-22(13-17-24)9-6-4-3-5-7-20-25/h3-5,7,21-24H,2,6,8-19H2,1H3/b4-3+,7-5+/t21-,22-,23-,24-. The molecule has 1 nitrogen and oxygen atoms in total. The van der Waals surface area contributed by atoms with E-state index in [0.717, 1.165) is 23.7 Å². The van der Waals surface area contributed by atoms with Crippen molar-refractivity contribution in [2.75, 3.05) is 0 Å². The van der Waals surface area contributed by atoms with Crippen LogP contribution in [0.1, 0.15) is 96.8 Å². The molecule has 2 aliphatic carbocycles. The molecule has 0 spiro atoms. The van der Waals surface area contributed by atoms with Crippen LogP contribution in [0.3, 0.4) is 0 Å². The summed E-state index contributed by atoms with van der Waals surface area (Å²) in [7, 11) is 0. The normalized spacial score (nSPS) is 30.7. The molecular weight excluding hydrogens is 302 g/mol. The lowest BCUT2D eigenvalue weighted by atomic mass is 9.74. The Morgan fingerprint density at radius 3 is 1.68 bits per heavy atom. The van der Waals surface area contributed by atoms with Gasteiger partial charge in [0.15, 0.2) is 0 Å². The molecule has 0 atom stereocenters. The predicted octanol–water partition coefficient (Wildman–Crippen LogP) is 7.60. The molecule has 0 aromatic carbocycles. The average Bonchev–Trinajstić information content (AvgIpc) is 2.65. The van der Waals surface area contributed by atoms with Crippen LogP contribution in [0.25, 0.3) is 0 Å². The quantitative estimate of drug-likeness (QED) is 0.313. The Hall–Kier alpha value is -1.03. The van der Waals surface area contributed by atoms with Crippen LogP contribution in [0.2, 0.25) is 0 Å². The van der Waals surface area contributed by atoms with Gasteiger partial charge >= 0.3 is 0 Å². The number of nitrogens with zero attached hydrogens (tertiary/aromatic N) is 1. The summed E-state index contributed by atoms with van der Waals surface area (Å²) in [4.78, 5) is 0. The van der Waals surface area contributed by atoms with E-state index in [2.05, 4.69) is 13.0 Å². The molecule has 140 valence electrons. The zero-order valence-electron chi connectivity index (χ0n) is 16.5. The maximum Gasteiger partial charge on any atom is 0.0912 e. The first-order valence-electron chi connectivity index (χ1n) is 11.0. The smallest absolute Gasteiger partial charge is 0.0912 e. The van der Waals surface area contributed by atoms with E-state index in [4.69, 9.17) is 5.26 Å². The van der Waals surface area contributed by atoms with Gasteiger partial charge in [-0.2, -0.15) is 5.26 Å². The number of allylic oxidation sites excluding steroid dienone is 4. The summed E-state index contributed by atoms with van der Waals surface area (Å²) in [5, 5.41) is 8.44. The first-order valence-corrected chi connectivity index (χ1v) is 11.0. The van der Waals surface area contributed by atoms with Crippen LogP contribution in [-0.4, -0.2) is 0 Å². The molecule has 0 saturated heterocycles. The maximum absolute atomic E-state index is 8.44. The Morgan fingerprint density at radius 1 is 0.720 bits per heavy atom. The highest BCUT2D eigenvalue weighted by atomic mass is 14.3. The lowest BCUT2D eigenvalue weighted by Crippen LogP contribution is -2.18. The molecule has 0 N–H and O–H groups in total. The third-order valence-corrected chi connectivity index (χ3v) is 6.77. The molecule has 0 bridgehead atoms. The monoisotopic (exact) mass is 341 g/mol. The fourth-order valence-corrected chi connectivity index (χ4v) is 5.10. The highest BCUT2D eigenvalue weighted by Crippen LogP contribution is 2.38. The number of rotatable bonds is 9. The van der Waals surface area contributed by atoms with Crippen molar-refractivity contribution >= 4 is 0 Å². The Kier molecular flexibility index (Phi) is 10.0. The molecule has 0 amide bonds. The second-order valence-electron chi connectivity index (χ2n) is 8.63. The van der Waals surface area contributed by atoms with Gasteiger partial charge in [-0.15, -0.1) is 0 Å². The van der Waals surface area contributed by atoms with E-state index in [1.165, 1.54) is 96.0 Å². The maximum atomic E-state index is 8.44. The van der Waals surface area contributed by atoms with Crippen LogP contribution >= 0.6 is 0 Å². The second kappa shape index (κ2) is 12.3. The van der Waals surface area contributed by atoms with Gasteiger partial charge in [0.25, 0.3) is 0 Å². The van der Waals surface area contributed by atoms with E-state index >= 15 is 0 Å². The van der Waals surface area contributed by atoms with E-state index < -0.39 is 0 Å². The van der Waals surface area contributed by atoms with E-state index in [1.807, 2.05) is 18.2 Å². The van der Waals surface area contributed by atoms with Crippen LogP contribution in [-0.2, 0) is 0 Å². The Morgan fingerprint density at radius 2 is 1.20 bits per heavy atom. The van der Waals surface area contributed by atoms with Gasteiger partial charge in [0.2, 0.25) is 0 Å². The van der Waals surface area contributed by atoms with Gasteiger partial charge in [0.05, 0.1) is 6.07 Å². The molecule has 0 aromatic heterocycles. The lowest BCUT2D eigenvalue weighted by Gasteiger charge is -2.32. The van der Waals surface area contributed by atoms with Gasteiger partial charge in [0, 0.05) is 6.08 Å². The highest BCUT2D eigenvalue weighted by molar-refractivity contribution is 5.11. The molecule has 0 radical (unpaired) electrons. The molecule has 2 saturated carbocycles. The summed E-state index contributed by atoms with van der Waals surface area (Å²) in [5.74, 6) is 4.09. The summed E-state index contributed by atoms with van der Waals surface area (Å²) in [6, 6.07) is 2.02. The van der Waals surface area contributed by atoms with Crippen molar-refractivity contribution in [2.24, 2.45) is 23.7 Å². The molecule has 2 rings (SSSR count). The minimum atomic E-state index is 0.949. The summed E-state index contributed by atoms with van der Waals surface area (Å²) in [6.45, 7) is 2.34. The van der Waals surface area contributed by atoms with Crippen LogP contribution < -0.4 is 0 Å². The molecular formula is C24H39N. The van der Waals surface area contributed by atoms with Crippen molar-refractivity contribution in [3.8, 4) is 6.07 Å². The molecule has 0 unspecified atom stereocenters. The van der Waals surface area contributed by atoms with Crippen molar-refractivity contribution in [3.05, 3.63) is 24.3 Å². The van der Waals surface area contributed by atoms with Gasteiger partial charge < -0.3 is 0 Å². The SMILES string of the molecule is CCC[C@H]1CC[C@H](CC[C@H]2CC[C@H](CC/C=C/C=C/C#N)CC2)CC1. The minimum absolute atomic E-state index is 0.949. The third-order valence-electron chi connectivity index (χ3n) is 6.77. The Balaban J connectivity index is 1.52. The van der Waals surface area contributed by atoms with Gasteiger partial charge in [-0.3, -0.25) is 0 Å².